The number of nitrogens with zero attached hydrogens (tertiary/aromatic N) is 2. The Hall–Kier alpha value is -2.89. The molecule has 1 aliphatic rings. The standard InChI is InChI=1S/C22H30N4O2/c1-3-23-22(24-15-17-8-6-10-19(27)14-17)25-18-9-7-13-26(16-18)20-11-4-5-12-21(20)28-2/h4-6,8,10-12,14,18,27H,3,7,9,13,15-16H2,1-2H3,(H2,23,24,25). The molecule has 1 atom stereocenters. The van der Waals surface area contributed by atoms with Gasteiger partial charge >= 0.3 is 0 Å². The normalized spacial score (nSPS) is 17.3. The lowest BCUT2D eigenvalue weighted by Gasteiger charge is -2.36. The summed E-state index contributed by atoms with van der Waals surface area (Å²) in [6.45, 7) is 5.31. The van der Waals surface area contributed by atoms with Gasteiger partial charge in [-0.15, -0.1) is 0 Å². The minimum absolute atomic E-state index is 0.269. The SMILES string of the molecule is CCNC(=NCc1cccc(O)c1)NC1CCCN(c2ccccc2OC)C1. The Morgan fingerprint density at radius 3 is 2.89 bits per heavy atom. The number of ether oxygens (including phenoxy) is 1. The fourth-order valence-corrected chi connectivity index (χ4v) is 3.54. The molecular weight excluding hydrogens is 352 g/mol. The Morgan fingerprint density at radius 2 is 2.11 bits per heavy atom. The Morgan fingerprint density at radius 1 is 1.25 bits per heavy atom. The highest BCUT2D eigenvalue weighted by molar-refractivity contribution is 5.80. The van der Waals surface area contributed by atoms with Crippen LogP contribution in [0.4, 0.5) is 5.69 Å². The summed E-state index contributed by atoms with van der Waals surface area (Å²) in [5, 5.41) is 16.5. The molecule has 28 heavy (non-hydrogen) atoms. The Balaban J connectivity index is 1.66. The second-order valence-electron chi connectivity index (χ2n) is 6.97. The number of methoxy groups -OCH3 is 1. The molecule has 2 aromatic rings. The molecule has 0 spiro atoms. The molecule has 0 aromatic heterocycles. The molecule has 1 fully saturated rings. The lowest BCUT2D eigenvalue weighted by Crippen LogP contribution is -2.51. The Labute approximate surface area is 167 Å². The van der Waals surface area contributed by atoms with E-state index in [0.29, 0.717) is 12.6 Å². The summed E-state index contributed by atoms with van der Waals surface area (Å²) in [5.74, 6) is 1.98. The lowest BCUT2D eigenvalue weighted by molar-refractivity contribution is 0.408. The zero-order valence-electron chi connectivity index (χ0n) is 16.7. The van der Waals surface area contributed by atoms with Crippen LogP contribution in [0.1, 0.15) is 25.3 Å². The van der Waals surface area contributed by atoms with E-state index >= 15 is 0 Å². The molecule has 0 radical (unpaired) electrons. The van der Waals surface area contributed by atoms with E-state index in [-0.39, 0.29) is 5.75 Å². The number of rotatable bonds is 6. The second kappa shape index (κ2) is 9.88. The molecule has 1 aliphatic heterocycles. The number of aromatic hydroxyl groups is 1. The van der Waals surface area contributed by atoms with Gasteiger partial charge in [0.2, 0.25) is 0 Å². The smallest absolute Gasteiger partial charge is 0.191 e. The minimum atomic E-state index is 0.269. The van der Waals surface area contributed by atoms with Crippen LogP contribution in [0, 0.1) is 0 Å². The molecule has 1 unspecified atom stereocenters. The van der Waals surface area contributed by atoms with Crippen LogP contribution in [0.2, 0.25) is 0 Å². The predicted molar refractivity (Wildman–Crippen MR) is 114 cm³/mol. The van der Waals surface area contributed by atoms with Crippen molar-refractivity contribution in [3.8, 4) is 11.5 Å². The third-order valence-electron chi connectivity index (χ3n) is 4.86. The molecule has 3 rings (SSSR count). The lowest BCUT2D eigenvalue weighted by atomic mass is 10.0. The van der Waals surface area contributed by atoms with E-state index in [1.807, 2.05) is 24.3 Å². The summed E-state index contributed by atoms with van der Waals surface area (Å²) in [4.78, 5) is 7.06. The van der Waals surface area contributed by atoms with E-state index in [1.165, 1.54) is 0 Å². The molecule has 1 heterocycles. The number of phenols is 1. The van der Waals surface area contributed by atoms with E-state index in [9.17, 15) is 5.11 Å². The third-order valence-corrected chi connectivity index (χ3v) is 4.86. The zero-order valence-corrected chi connectivity index (χ0v) is 16.7. The van der Waals surface area contributed by atoms with Crippen LogP contribution in [-0.2, 0) is 6.54 Å². The Bertz CT molecular complexity index is 794. The van der Waals surface area contributed by atoms with Gasteiger partial charge in [-0.2, -0.15) is 0 Å². The molecular formula is C22H30N4O2. The van der Waals surface area contributed by atoms with Crippen molar-refractivity contribution in [3.63, 3.8) is 0 Å². The molecule has 1 saturated heterocycles. The number of para-hydroxylation sites is 2. The van der Waals surface area contributed by atoms with Crippen LogP contribution in [-0.4, -0.2) is 43.9 Å². The monoisotopic (exact) mass is 382 g/mol. The summed E-state index contributed by atoms with van der Waals surface area (Å²) in [5.41, 5.74) is 2.12. The number of guanidine groups is 1. The van der Waals surface area contributed by atoms with Crippen molar-refractivity contribution < 1.29 is 9.84 Å². The maximum atomic E-state index is 9.63. The fraction of sp³-hybridized carbons (Fsp3) is 0.409. The van der Waals surface area contributed by atoms with Crippen LogP contribution in [0.5, 0.6) is 11.5 Å². The first-order chi connectivity index (χ1) is 13.7. The molecule has 0 saturated carbocycles. The Kier molecular flexibility index (Phi) is 7.00. The predicted octanol–water partition coefficient (Wildman–Crippen LogP) is 3.12. The summed E-state index contributed by atoms with van der Waals surface area (Å²) in [6, 6.07) is 15.7. The molecule has 2 aromatic carbocycles. The van der Waals surface area contributed by atoms with Gasteiger partial charge in [0.05, 0.1) is 19.3 Å². The zero-order chi connectivity index (χ0) is 19.8. The number of benzene rings is 2. The number of aliphatic imine (C=N–C) groups is 1. The van der Waals surface area contributed by atoms with Gasteiger partial charge in [-0.05, 0) is 49.6 Å². The number of hydrogen-bond donors (Lipinski definition) is 3. The van der Waals surface area contributed by atoms with Crippen LogP contribution in [0.25, 0.3) is 0 Å². The van der Waals surface area contributed by atoms with E-state index in [0.717, 1.165) is 55.4 Å². The summed E-state index contributed by atoms with van der Waals surface area (Å²) < 4.78 is 5.53. The molecule has 150 valence electrons. The average molecular weight is 383 g/mol. The maximum Gasteiger partial charge on any atom is 0.191 e. The fourth-order valence-electron chi connectivity index (χ4n) is 3.54. The van der Waals surface area contributed by atoms with Crippen LogP contribution in [0.15, 0.2) is 53.5 Å². The van der Waals surface area contributed by atoms with Crippen molar-refractivity contribution in [1.82, 2.24) is 10.6 Å². The van der Waals surface area contributed by atoms with Crippen molar-refractivity contribution in [1.29, 1.82) is 0 Å². The van der Waals surface area contributed by atoms with E-state index in [2.05, 4.69) is 34.6 Å². The van der Waals surface area contributed by atoms with E-state index < -0.39 is 0 Å². The molecule has 6 heteroatoms. The van der Waals surface area contributed by atoms with Gasteiger partial charge in [-0.3, -0.25) is 0 Å². The highest BCUT2D eigenvalue weighted by atomic mass is 16.5. The number of hydrogen-bond acceptors (Lipinski definition) is 4. The van der Waals surface area contributed by atoms with Gasteiger partial charge < -0.3 is 25.4 Å². The van der Waals surface area contributed by atoms with Gasteiger partial charge in [0.25, 0.3) is 0 Å². The summed E-state index contributed by atoms with van der Waals surface area (Å²) in [7, 11) is 1.72. The first kappa shape index (κ1) is 19.9. The molecule has 3 N–H and O–H groups in total. The minimum Gasteiger partial charge on any atom is -0.508 e. The van der Waals surface area contributed by atoms with Gasteiger partial charge in [-0.25, -0.2) is 4.99 Å². The summed E-state index contributed by atoms with van der Waals surface area (Å²) >= 11 is 0. The van der Waals surface area contributed by atoms with Crippen LogP contribution >= 0.6 is 0 Å². The van der Waals surface area contributed by atoms with Crippen molar-refractivity contribution in [2.24, 2.45) is 4.99 Å². The van der Waals surface area contributed by atoms with Crippen LogP contribution < -0.4 is 20.3 Å². The summed E-state index contributed by atoms with van der Waals surface area (Å²) in [6.07, 6.45) is 2.21. The van der Waals surface area contributed by atoms with Gasteiger partial charge in [0.15, 0.2) is 5.96 Å². The number of anilines is 1. The molecule has 6 nitrogen and oxygen atoms in total. The molecule has 0 amide bonds. The number of phenolic OH excluding ortho intramolecular Hbond substituents is 1. The highest BCUT2D eigenvalue weighted by Crippen LogP contribution is 2.29. The largest absolute Gasteiger partial charge is 0.508 e. The van der Waals surface area contributed by atoms with E-state index in [1.54, 1.807) is 19.2 Å². The van der Waals surface area contributed by atoms with Gasteiger partial charge in [-0.1, -0.05) is 24.3 Å². The van der Waals surface area contributed by atoms with Gasteiger partial charge in [0.1, 0.15) is 11.5 Å². The highest BCUT2D eigenvalue weighted by Gasteiger charge is 2.22. The van der Waals surface area contributed by atoms with E-state index in [4.69, 9.17) is 9.73 Å². The molecule has 0 bridgehead atoms. The quantitative estimate of drug-likeness (QED) is 0.529. The first-order valence-corrected chi connectivity index (χ1v) is 9.90. The van der Waals surface area contributed by atoms with Crippen molar-refractivity contribution >= 4 is 11.6 Å². The van der Waals surface area contributed by atoms with Crippen LogP contribution in [0.3, 0.4) is 0 Å². The third kappa shape index (κ3) is 5.31. The molecule has 0 aliphatic carbocycles. The second-order valence-corrected chi connectivity index (χ2v) is 6.97. The first-order valence-electron chi connectivity index (χ1n) is 9.90. The topological polar surface area (TPSA) is 69.1 Å². The average Bonchev–Trinajstić information content (AvgIpc) is 2.72. The van der Waals surface area contributed by atoms with Crippen molar-refractivity contribution in [3.05, 3.63) is 54.1 Å². The van der Waals surface area contributed by atoms with Crippen molar-refractivity contribution in [2.45, 2.75) is 32.4 Å². The van der Waals surface area contributed by atoms with Gasteiger partial charge in [0, 0.05) is 25.7 Å². The maximum absolute atomic E-state index is 9.63. The number of nitrogens with one attached hydrogen (secondary N) is 2. The van der Waals surface area contributed by atoms with Crippen molar-refractivity contribution in [2.75, 3.05) is 31.6 Å². The number of piperidine rings is 1.